The van der Waals surface area contributed by atoms with Crippen molar-refractivity contribution in [3.8, 4) is 11.5 Å². The molecule has 0 fully saturated rings. The molecule has 0 radical (unpaired) electrons. The van der Waals surface area contributed by atoms with Crippen molar-refractivity contribution in [1.82, 2.24) is 0 Å². The molecule has 3 rings (SSSR count). The van der Waals surface area contributed by atoms with Crippen molar-refractivity contribution in [2.45, 2.75) is 6.04 Å². The molecule has 2 N–H and O–H groups in total. The smallest absolute Gasteiger partial charge is 0.161 e. The van der Waals surface area contributed by atoms with E-state index in [0.29, 0.717) is 18.2 Å². The summed E-state index contributed by atoms with van der Waals surface area (Å²) in [6, 6.07) is 13.1. The van der Waals surface area contributed by atoms with Gasteiger partial charge in [-0.3, -0.25) is 0 Å². The van der Waals surface area contributed by atoms with Gasteiger partial charge in [0, 0.05) is 5.02 Å². The van der Waals surface area contributed by atoms with Gasteiger partial charge in [0.25, 0.3) is 0 Å². The topological polar surface area (TPSA) is 44.5 Å². The first-order valence-corrected chi connectivity index (χ1v) is 6.52. The quantitative estimate of drug-likeness (QED) is 0.916. The second-order valence-electron chi connectivity index (χ2n) is 4.44. The van der Waals surface area contributed by atoms with Crippen LogP contribution in [0.1, 0.15) is 17.2 Å². The fraction of sp³-hybridized carbons (Fsp3) is 0.200. The predicted molar refractivity (Wildman–Crippen MR) is 74.9 cm³/mol. The second kappa shape index (κ2) is 5.11. The lowest BCUT2D eigenvalue weighted by Gasteiger charge is -2.20. The Kier molecular flexibility index (Phi) is 3.32. The molecule has 1 aliphatic heterocycles. The summed E-state index contributed by atoms with van der Waals surface area (Å²) in [5.41, 5.74) is 8.22. The summed E-state index contributed by atoms with van der Waals surface area (Å²) in [6.45, 7) is 1.16. The van der Waals surface area contributed by atoms with E-state index < -0.39 is 0 Å². The van der Waals surface area contributed by atoms with E-state index in [2.05, 4.69) is 0 Å². The third-order valence-corrected chi connectivity index (χ3v) is 3.37. The van der Waals surface area contributed by atoms with Gasteiger partial charge < -0.3 is 15.2 Å². The highest BCUT2D eigenvalue weighted by Gasteiger charge is 2.15. The van der Waals surface area contributed by atoms with Crippen molar-refractivity contribution < 1.29 is 9.47 Å². The minimum Gasteiger partial charge on any atom is -0.486 e. The Balaban J connectivity index is 1.93. The Hall–Kier alpha value is -1.71. The van der Waals surface area contributed by atoms with E-state index in [1.165, 1.54) is 0 Å². The van der Waals surface area contributed by atoms with Gasteiger partial charge in [-0.05, 0) is 35.4 Å². The number of halogens is 1. The van der Waals surface area contributed by atoms with Crippen molar-refractivity contribution in [2.24, 2.45) is 5.73 Å². The molecule has 1 atom stereocenters. The van der Waals surface area contributed by atoms with Gasteiger partial charge in [-0.15, -0.1) is 0 Å². The number of hydrogen-bond donors (Lipinski definition) is 1. The Morgan fingerprint density at radius 3 is 2.47 bits per heavy atom. The fourth-order valence-electron chi connectivity index (χ4n) is 2.15. The lowest BCUT2D eigenvalue weighted by molar-refractivity contribution is 0.171. The largest absolute Gasteiger partial charge is 0.486 e. The zero-order valence-electron chi connectivity index (χ0n) is 10.3. The zero-order valence-corrected chi connectivity index (χ0v) is 11.1. The van der Waals surface area contributed by atoms with E-state index >= 15 is 0 Å². The molecule has 2 aromatic rings. The Labute approximate surface area is 116 Å². The van der Waals surface area contributed by atoms with Crippen molar-refractivity contribution in [1.29, 1.82) is 0 Å². The molecular formula is C15H14ClNO2. The highest BCUT2D eigenvalue weighted by molar-refractivity contribution is 6.30. The monoisotopic (exact) mass is 275 g/mol. The van der Waals surface area contributed by atoms with Gasteiger partial charge in [0.15, 0.2) is 11.5 Å². The second-order valence-corrected chi connectivity index (χ2v) is 4.87. The highest BCUT2D eigenvalue weighted by Crippen LogP contribution is 2.33. The minimum absolute atomic E-state index is 0.227. The van der Waals surface area contributed by atoms with Crippen LogP contribution in [0.5, 0.6) is 11.5 Å². The maximum atomic E-state index is 6.26. The third kappa shape index (κ3) is 2.53. The van der Waals surface area contributed by atoms with Crippen molar-refractivity contribution >= 4 is 11.6 Å². The van der Waals surface area contributed by atoms with E-state index in [-0.39, 0.29) is 6.04 Å². The molecule has 0 bridgehead atoms. The minimum atomic E-state index is -0.227. The van der Waals surface area contributed by atoms with E-state index in [9.17, 15) is 0 Å². The molecular weight excluding hydrogens is 262 g/mol. The van der Waals surface area contributed by atoms with E-state index in [0.717, 1.165) is 22.6 Å². The van der Waals surface area contributed by atoms with Gasteiger partial charge in [0.05, 0.1) is 6.04 Å². The number of fused-ring (bicyclic) bond motifs is 1. The average Bonchev–Trinajstić information content (AvgIpc) is 2.46. The fourth-order valence-corrected chi connectivity index (χ4v) is 2.34. The van der Waals surface area contributed by atoms with Crippen LogP contribution in [0, 0.1) is 0 Å². The van der Waals surface area contributed by atoms with Crippen LogP contribution < -0.4 is 15.2 Å². The lowest BCUT2D eigenvalue weighted by atomic mass is 9.99. The van der Waals surface area contributed by atoms with Crippen LogP contribution in [0.25, 0.3) is 0 Å². The Morgan fingerprint density at radius 1 is 0.947 bits per heavy atom. The summed E-state index contributed by atoms with van der Waals surface area (Å²) in [6.07, 6.45) is 0. The molecule has 0 amide bonds. The summed E-state index contributed by atoms with van der Waals surface area (Å²) >= 11 is 5.99. The van der Waals surface area contributed by atoms with E-state index in [1.807, 2.05) is 42.5 Å². The van der Waals surface area contributed by atoms with Gasteiger partial charge >= 0.3 is 0 Å². The molecule has 0 saturated carbocycles. The number of nitrogens with two attached hydrogens (primary N) is 1. The molecule has 1 aliphatic rings. The molecule has 98 valence electrons. The summed E-state index contributed by atoms with van der Waals surface area (Å²) < 4.78 is 11.1. The zero-order chi connectivity index (χ0) is 13.2. The van der Waals surface area contributed by atoms with E-state index in [1.54, 1.807) is 0 Å². The molecule has 0 spiro atoms. The van der Waals surface area contributed by atoms with Crippen LogP contribution in [0.2, 0.25) is 5.02 Å². The predicted octanol–water partition coefficient (Wildman–Crippen LogP) is 3.16. The van der Waals surface area contributed by atoms with Gasteiger partial charge in [-0.1, -0.05) is 29.8 Å². The average molecular weight is 276 g/mol. The Morgan fingerprint density at radius 2 is 1.68 bits per heavy atom. The number of hydrogen-bond acceptors (Lipinski definition) is 3. The van der Waals surface area contributed by atoms with Crippen molar-refractivity contribution in [3.05, 3.63) is 58.6 Å². The van der Waals surface area contributed by atoms with Crippen LogP contribution in [0.15, 0.2) is 42.5 Å². The summed E-state index contributed by atoms with van der Waals surface area (Å²) in [5.74, 6) is 1.52. The van der Waals surface area contributed by atoms with E-state index in [4.69, 9.17) is 26.8 Å². The van der Waals surface area contributed by atoms with Crippen LogP contribution in [0.4, 0.5) is 0 Å². The SMILES string of the molecule is NC(c1cccc(Cl)c1)c1ccc2c(c1)OCCO2. The molecule has 0 aromatic heterocycles. The standard InChI is InChI=1S/C15H14ClNO2/c16-12-3-1-2-10(8-12)15(17)11-4-5-13-14(9-11)19-7-6-18-13/h1-5,8-9,15H,6-7,17H2. The first-order chi connectivity index (χ1) is 9.24. The van der Waals surface area contributed by atoms with Crippen molar-refractivity contribution in [3.63, 3.8) is 0 Å². The van der Waals surface area contributed by atoms with Crippen LogP contribution in [0.3, 0.4) is 0 Å². The highest BCUT2D eigenvalue weighted by atomic mass is 35.5. The molecule has 19 heavy (non-hydrogen) atoms. The maximum Gasteiger partial charge on any atom is 0.161 e. The van der Waals surface area contributed by atoms with Crippen LogP contribution >= 0.6 is 11.6 Å². The molecule has 0 saturated heterocycles. The molecule has 1 unspecified atom stereocenters. The van der Waals surface area contributed by atoms with Gasteiger partial charge in [0.1, 0.15) is 13.2 Å². The summed E-state index contributed by atoms with van der Waals surface area (Å²) in [5, 5.41) is 0.686. The Bertz CT molecular complexity index is 600. The first-order valence-electron chi connectivity index (χ1n) is 6.14. The summed E-state index contributed by atoms with van der Waals surface area (Å²) in [4.78, 5) is 0. The number of ether oxygens (including phenoxy) is 2. The maximum absolute atomic E-state index is 6.26. The number of benzene rings is 2. The molecule has 0 aliphatic carbocycles. The first kappa shape index (κ1) is 12.3. The van der Waals surface area contributed by atoms with Crippen LogP contribution in [-0.2, 0) is 0 Å². The third-order valence-electron chi connectivity index (χ3n) is 3.13. The number of rotatable bonds is 2. The van der Waals surface area contributed by atoms with Crippen molar-refractivity contribution in [2.75, 3.05) is 13.2 Å². The van der Waals surface area contributed by atoms with Gasteiger partial charge in [-0.25, -0.2) is 0 Å². The van der Waals surface area contributed by atoms with Crippen LogP contribution in [-0.4, -0.2) is 13.2 Å². The molecule has 1 heterocycles. The molecule has 4 heteroatoms. The molecule has 2 aromatic carbocycles. The van der Waals surface area contributed by atoms with Gasteiger partial charge in [0.2, 0.25) is 0 Å². The lowest BCUT2D eigenvalue weighted by Crippen LogP contribution is -2.17. The summed E-state index contributed by atoms with van der Waals surface area (Å²) in [7, 11) is 0. The molecule has 3 nitrogen and oxygen atoms in total. The van der Waals surface area contributed by atoms with Gasteiger partial charge in [-0.2, -0.15) is 0 Å². The normalized spacial score (nSPS) is 15.1.